The van der Waals surface area contributed by atoms with E-state index in [1.807, 2.05) is 43.3 Å². The van der Waals surface area contributed by atoms with Gasteiger partial charge in [0.25, 0.3) is 0 Å². The molecular formula is C25H30N2O5. The van der Waals surface area contributed by atoms with Crippen molar-refractivity contribution in [1.29, 1.82) is 0 Å². The van der Waals surface area contributed by atoms with E-state index in [1.165, 1.54) is 0 Å². The highest BCUT2D eigenvalue weighted by Gasteiger charge is 2.30. The molecule has 0 heterocycles. The molecule has 3 N–H and O–H groups in total. The minimum absolute atomic E-state index is 0.0251. The topological polar surface area (TPSA) is 105 Å². The van der Waals surface area contributed by atoms with Crippen LogP contribution in [0, 0.1) is 5.92 Å². The summed E-state index contributed by atoms with van der Waals surface area (Å²) in [5, 5.41) is 14.4. The maximum atomic E-state index is 12.5. The molecule has 3 rings (SSSR count). The Morgan fingerprint density at radius 3 is 2.12 bits per heavy atom. The lowest BCUT2D eigenvalue weighted by atomic mass is 9.98. The third-order valence-electron chi connectivity index (χ3n) is 5.89. The SMILES string of the molecule is CCCC(NC(=O)OCC1c2ccccc2-c2ccccc21)C(=O)NCC(CC)C(=O)O. The summed E-state index contributed by atoms with van der Waals surface area (Å²) in [4.78, 5) is 36.2. The number of amides is 2. The number of aliphatic carboxylic acids is 1. The number of carboxylic acid groups (broad SMARTS) is 1. The maximum absolute atomic E-state index is 12.5. The van der Waals surface area contributed by atoms with Gasteiger partial charge in [0.1, 0.15) is 12.6 Å². The molecule has 170 valence electrons. The molecule has 0 radical (unpaired) electrons. The van der Waals surface area contributed by atoms with Gasteiger partial charge in [-0.15, -0.1) is 0 Å². The highest BCUT2D eigenvalue weighted by molar-refractivity contribution is 5.86. The monoisotopic (exact) mass is 438 g/mol. The van der Waals surface area contributed by atoms with Crippen molar-refractivity contribution in [2.45, 2.75) is 45.1 Å². The zero-order valence-electron chi connectivity index (χ0n) is 18.5. The van der Waals surface area contributed by atoms with Crippen molar-refractivity contribution in [1.82, 2.24) is 10.6 Å². The third kappa shape index (κ3) is 5.28. The van der Waals surface area contributed by atoms with Gasteiger partial charge in [0, 0.05) is 12.5 Å². The summed E-state index contributed by atoms with van der Waals surface area (Å²) in [5.41, 5.74) is 4.51. The Labute approximate surface area is 188 Å². The fourth-order valence-corrected chi connectivity index (χ4v) is 4.09. The zero-order chi connectivity index (χ0) is 23.1. The number of carbonyl (C=O) groups is 3. The molecule has 2 aromatic rings. The second-order valence-electron chi connectivity index (χ2n) is 8.00. The highest BCUT2D eigenvalue weighted by atomic mass is 16.5. The van der Waals surface area contributed by atoms with Gasteiger partial charge < -0.3 is 20.5 Å². The molecule has 7 nitrogen and oxygen atoms in total. The van der Waals surface area contributed by atoms with E-state index in [4.69, 9.17) is 9.84 Å². The van der Waals surface area contributed by atoms with Crippen molar-refractivity contribution < 1.29 is 24.2 Å². The van der Waals surface area contributed by atoms with Crippen molar-refractivity contribution in [2.75, 3.05) is 13.2 Å². The van der Waals surface area contributed by atoms with Crippen LogP contribution >= 0.6 is 0 Å². The van der Waals surface area contributed by atoms with E-state index in [0.29, 0.717) is 19.3 Å². The number of hydrogen-bond donors (Lipinski definition) is 3. The molecule has 0 fully saturated rings. The first kappa shape index (κ1) is 23.3. The smallest absolute Gasteiger partial charge is 0.407 e. The minimum Gasteiger partial charge on any atom is -0.481 e. The molecule has 1 aliphatic rings. The standard InChI is InChI=1S/C25H30N2O5/c1-3-9-22(23(28)26-14-16(4-2)24(29)30)27-25(31)32-15-21-19-12-7-5-10-17(19)18-11-6-8-13-20(18)21/h5-8,10-13,16,21-22H,3-4,9,14-15H2,1-2H3,(H,26,28)(H,27,31)(H,29,30). The lowest BCUT2D eigenvalue weighted by Gasteiger charge is -2.20. The number of carbonyl (C=O) groups excluding carboxylic acids is 2. The molecule has 0 spiro atoms. The van der Waals surface area contributed by atoms with Gasteiger partial charge in [-0.1, -0.05) is 68.8 Å². The summed E-state index contributed by atoms with van der Waals surface area (Å²) in [7, 11) is 0. The van der Waals surface area contributed by atoms with Crippen molar-refractivity contribution in [3.05, 3.63) is 59.7 Å². The Morgan fingerprint density at radius 2 is 1.59 bits per heavy atom. The molecule has 1 aliphatic carbocycles. The Kier molecular flexibility index (Phi) is 7.87. The predicted octanol–water partition coefficient (Wildman–Crippen LogP) is 3.92. The van der Waals surface area contributed by atoms with Crippen LogP contribution in [0.4, 0.5) is 4.79 Å². The van der Waals surface area contributed by atoms with Gasteiger partial charge in [-0.3, -0.25) is 9.59 Å². The number of benzene rings is 2. The van der Waals surface area contributed by atoms with Crippen molar-refractivity contribution >= 4 is 18.0 Å². The van der Waals surface area contributed by atoms with Crippen molar-refractivity contribution in [3.8, 4) is 11.1 Å². The molecule has 0 saturated heterocycles. The average molecular weight is 439 g/mol. The minimum atomic E-state index is -0.954. The van der Waals surface area contributed by atoms with Gasteiger partial charge in [-0.25, -0.2) is 4.79 Å². The summed E-state index contributed by atoms with van der Waals surface area (Å²) >= 11 is 0. The number of fused-ring (bicyclic) bond motifs is 3. The van der Waals surface area contributed by atoms with E-state index in [0.717, 1.165) is 22.3 Å². The van der Waals surface area contributed by atoms with Crippen molar-refractivity contribution in [2.24, 2.45) is 5.92 Å². The first-order chi connectivity index (χ1) is 15.5. The van der Waals surface area contributed by atoms with E-state index >= 15 is 0 Å². The van der Waals surface area contributed by atoms with Crippen LogP contribution in [-0.2, 0) is 14.3 Å². The fourth-order valence-electron chi connectivity index (χ4n) is 4.09. The van der Waals surface area contributed by atoms with E-state index in [2.05, 4.69) is 22.8 Å². The fraction of sp³-hybridized carbons (Fsp3) is 0.400. The average Bonchev–Trinajstić information content (AvgIpc) is 3.11. The van der Waals surface area contributed by atoms with E-state index in [1.54, 1.807) is 6.92 Å². The number of hydrogen-bond acceptors (Lipinski definition) is 4. The molecule has 0 aliphatic heterocycles. The summed E-state index contributed by atoms with van der Waals surface area (Å²) in [6.45, 7) is 3.85. The Bertz CT molecular complexity index is 929. The second-order valence-corrected chi connectivity index (χ2v) is 8.00. The van der Waals surface area contributed by atoms with Crippen LogP contribution in [0.5, 0.6) is 0 Å². The molecular weight excluding hydrogens is 408 g/mol. The molecule has 2 aromatic carbocycles. The number of nitrogens with one attached hydrogen (secondary N) is 2. The third-order valence-corrected chi connectivity index (χ3v) is 5.89. The zero-order valence-corrected chi connectivity index (χ0v) is 18.5. The first-order valence-corrected chi connectivity index (χ1v) is 11.1. The van der Waals surface area contributed by atoms with Crippen LogP contribution in [-0.4, -0.2) is 42.3 Å². The molecule has 0 saturated carbocycles. The first-order valence-electron chi connectivity index (χ1n) is 11.1. The Balaban J connectivity index is 1.60. The molecule has 2 amide bonds. The largest absolute Gasteiger partial charge is 0.481 e. The van der Waals surface area contributed by atoms with E-state index < -0.39 is 29.9 Å². The van der Waals surface area contributed by atoms with E-state index in [9.17, 15) is 14.4 Å². The van der Waals surface area contributed by atoms with Crippen LogP contribution in [0.25, 0.3) is 11.1 Å². The number of ether oxygens (including phenoxy) is 1. The number of rotatable bonds is 10. The van der Waals surface area contributed by atoms with Gasteiger partial charge >= 0.3 is 12.1 Å². The van der Waals surface area contributed by atoms with Crippen LogP contribution in [0.3, 0.4) is 0 Å². The van der Waals surface area contributed by atoms with Gasteiger partial charge in [0.2, 0.25) is 5.91 Å². The van der Waals surface area contributed by atoms with Crippen LogP contribution in [0.1, 0.15) is 50.2 Å². The molecule has 7 heteroatoms. The maximum Gasteiger partial charge on any atom is 0.407 e. The summed E-state index contributed by atoms with van der Waals surface area (Å²) < 4.78 is 5.53. The van der Waals surface area contributed by atoms with Crippen molar-refractivity contribution in [3.63, 3.8) is 0 Å². The second kappa shape index (κ2) is 10.8. The van der Waals surface area contributed by atoms with Gasteiger partial charge in [-0.2, -0.15) is 0 Å². The Hall–Kier alpha value is -3.35. The lowest BCUT2D eigenvalue weighted by Crippen LogP contribution is -2.48. The molecule has 2 unspecified atom stereocenters. The van der Waals surface area contributed by atoms with Gasteiger partial charge in [0.15, 0.2) is 0 Å². The van der Waals surface area contributed by atoms with Crippen LogP contribution in [0.2, 0.25) is 0 Å². The van der Waals surface area contributed by atoms with Gasteiger partial charge in [0.05, 0.1) is 5.92 Å². The Morgan fingerprint density at radius 1 is 1.00 bits per heavy atom. The molecule has 2 atom stereocenters. The van der Waals surface area contributed by atoms with Gasteiger partial charge in [-0.05, 0) is 35.1 Å². The highest BCUT2D eigenvalue weighted by Crippen LogP contribution is 2.44. The van der Waals surface area contributed by atoms with Crippen LogP contribution < -0.4 is 10.6 Å². The molecule has 0 aromatic heterocycles. The lowest BCUT2D eigenvalue weighted by molar-refractivity contribution is -0.141. The quantitative estimate of drug-likeness (QED) is 0.521. The summed E-state index contributed by atoms with van der Waals surface area (Å²) in [6.07, 6.45) is 0.858. The van der Waals surface area contributed by atoms with Crippen LogP contribution in [0.15, 0.2) is 48.5 Å². The number of alkyl carbamates (subject to hydrolysis) is 1. The molecule has 0 bridgehead atoms. The summed E-state index contributed by atoms with van der Waals surface area (Å²) in [5.74, 6) is -2.08. The normalized spacial score (nSPS) is 14.1. The number of carboxylic acids is 1. The predicted molar refractivity (Wildman–Crippen MR) is 121 cm³/mol. The molecule has 32 heavy (non-hydrogen) atoms. The van der Waals surface area contributed by atoms with E-state index in [-0.39, 0.29) is 19.1 Å². The summed E-state index contributed by atoms with van der Waals surface area (Å²) in [6, 6.07) is 15.4.